The third-order valence-corrected chi connectivity index (χ3v) is 4.03. The first kappa shape index (κ1) is 11.0. The highest BCUT2D eigenvalue weighted by molar-refractivity contribution is 7.07. The second kappa shape index (κ2) is 4.60. The van der Waals surface area contributed by atoms with Crippen LogP contribution in [0.25, 0.3) is 0 Å². The lowest BCUT2D eigenvalue weighted by Gasteiger charge is -2.31. The van der Waals surface area contributed by atoms with Gasteiger partial charge < -0.3 is 5.73 Å². The maximum atomic E-state index is 5.85. The molecule has 0 spiro atoms. The standard InChI is InChI=1S/C11H19N3S/c1-8(10-6-15-7-13-10)14(2)11(5-12)9-3-4-9/h6-9,11H,3-5,12H2,1-2H3. The largest absolute Gasteiger partial charge is 0.329 e. The highest BCUT2D eigenvalue weighted by atomic mass is 32.1. The van der Waals surface area contributed by atoms with Crippen LogP contribution in [0.4, 0.5) is 0 Å². The number of thiazole rings is 1. The summed E-state index contributed by atoms with van der Waals surface area (Å²) in [5.41, 5.74) is 8.91. The number of aromatic nitrogens is 1. The molecule has 0 aliphatic heterocycles. The molecule has 1 aliphatic carbocycles. The predicted molar refractivity (Wildman–Crippen MR) is 63.9 cm³/mol. The summed E-state index contributed by atoms with van der Waals surface area (Å²) >= 11 is 1.66. The van der Waals surface area contributed by atoms with Crippen molar-refractivity contribution in [2.45, 2.75) is 31.8 Å². The lowest BCUT2D eigenvalue weighted by Crippen LogP contribution is -2.41. The van der Waals surface area contributed by atoms with Gasteiger partial charge in [-0.2, -0.15) is 0 Å². The summed E-state index contributed by atoms with van der Waals surface area (Å²) < 4.78 is 0. The molecule has 84 valence electrons. The van der Waals surface area contributed by atoms with Gasteiger partial charge in [-0.25, -0.2) is 4.98 Å². The zero-order valence-electron chi connectivity index (χ0n) is 9.39. The fourth-order valence-corrected chi connectivity index (χ4v) is 2.74. The molecule has 15 heavy (non-hydrogen) atoms. The molecule has 1 heterocycles. The summed E-state index contributed by atoms with van der Waals surface area (Å²) in [6.45, 7) is 2.97. The fourth-order valence-electron chi connectivity index (χ4n) is 2.10. The van der Waals surface area contributed by atoms with Gasteiger partial charge in [0.1, 0.15) is 0 Å². The second-order valence-corrected chi connectivity index (χ2v) is 5.11. The minimum absolute atomic E-state index is 0.380. The monoisotopic (exact) mass is 225 g/mol. The van der Waals surface area contributed by atoms with E-state index in [4.69, 9.17) is 5.73 Å². The highest BCUT2D eigenvalue weighted by Gasteiger charge is 2.34. The molecule has 2 unspecified atom stereocenters. The number of likely N-dealkylation sites (N-methyl/N-ethyl adjacent to an activating group) is 1. The van der Waals surface area contributed by atoms with Gasteiger partial charge in [0, 0.05) is 18.0 Å². The smallest absolute Gasteiger partial charge is 0.0795 e. The molecule has 0 saturated heterocycles. The van der Waals surface area contributed by atoms with Gasteiger partial charge in [-0.15, -0.1) is 11.3 Å². The third kappa shape index (κ3) is 2.38. The molecule has 1 saturated carbocycles. The average molecular weight is 225 g/mol. The van der Waals surface area contributed by atoms with Crippen molar-refractivity contribution in [2.24, 2.45) is 11.7 Å². The Balaban J connectivity index is 2.02. The van der Waals surface area contributed by atoms with E-state index in [-0.39, 0.29) is 0 Å². The molecular formula is C11H19N3S. The Bertz CT molecular complexity index is 295. The quantitative estimate of drug-likeness (QED) is 0.832. The normalized spacial score (nSPS) is 20.5. The Morgan fingerprint density at radius 1 is 1.67 bits per heavy atom. The van der Waals surface area contributed by atoms with E-state index in [1.54, 1.807) is 11.3 Å². The van der Waals surface area contributed by atoms with Crippen LogP contribution in [0.1, 0.15) is 31.5 Å². The zero-order valence-corrected chi connectivity index (χ0v) is 10.2. The lowest BCUT2D eigenvalue weighted by atomic mass is 10.1. The molecule has 1 fully saturated rings. The van der Waals surface area contributed by atoms with Crippen LogP contribution in [0.5, 0.6) is 0 Å². The molecule has 0 amide bonds. The molecule has 3 nitrogen and oxygen atoms in total. The lowest BCUT2D eigenvalue weighted by molar-refractivity contribution is 0.168. The first-order valence-corrected chi connectivity index (χ1v) is 6.48. The van der Waals surface area contributed by atoms with Crippen LogP contribution in [-0.2, 0) is 0 Å². The van der Waals surface area contributed by atoms with E-state index in [9.17, 15) is 0 Å². The summed E-state index contributed by atoms with van der Waals surface area (Å²) in [7, 11) is 2.17. The molecule has 0 radical (unpaired) electrons. The van der Waals surface area contributed by atoms with Gasteiger partial charge in [0.15, 0.2) is 0 Å². The molecule has 4 heteroatoms. The Morgan fingerprint density at radius 2 is 2.40 bits per heavy atom. The molecule has 1 aromatic rings. The average Bonchev–Trinajstić information content (AvgIpc) is 2.93. The first-order valence-electron chi connectivity index (χ1n) is 5.54. The molecule has 2 N–H and O–H groups in total. The van der Waals surface area contributed by atoms with Crippen molar-refractivity contribution in [3.63, 3.8) is 0 Å². The molecule has 0 bridgehead atoms. The van der Waals surface area contributed by atoms with Crippen LogP contribution in [0.3, 0.4) is 0 Å². The van der Waals surface area contributed by atoms with Gasteiger partial charge in [0.05, 0.1) is 17.2 Å². The Hall–Kier alpha value is -0.450. The van der Waals surface area contributed by atoms with Gasteiger partial charge in [-0.3, -0.25) is 4.90 Å². The van der Waals surface area contributed by atoms with Gasteiger partial charge in [-0.1, -0.05) is 0 Å². The van der Waals surface area contributed by atoms with E-state index in [1.807, 2.05) is 5.51 Å². The number of hydrogen-bond donors (Lipinski definition) is 1. The highest BCUT2D eigenvalue weighted by Crippen LogP contribution is 2.37. The maximum Gasteiger partial charge on any atom is 0.0795 e. The number of nitrogens with two attached hydrogens (primary N) is 1. The maximum absolute atomic E-state index is 5.85. The van der Waals surface area contributed by atoms with Crippen molar-refractivity contribution >= 4 is 11.3 Å². The number of rotatable bonds is 5. The van der Waals surface area contributed by atoms with Crippen LogP contribution in [0, 0.1) is 5.92 Å². The van der Waals surface area contributed by atoms with E-state index in [0.29, 0.717) is 12.1 Å². The van der Waals surface area contributed by atoms with Crippen LogP contribution in [-0.4, -0.2) is 29.5 Å². The minimum Gasteiger partial charge on any atom is -0.329 e. The van der Waals surface area contributed by atoms with Crippen LogP contribution >= 0.6 is 11.3 Å². The molecule has 2 rings (SSSR count). The van der Waals surface area contributed by atoms with Crippen molar-refractivity contribution in [1.82, 2.24) is 9.88 Å². The Kier molecular flexibility index (Phi) is 3.38. The number of hydrogen-bond acceptors (Lipinski definition) is 4. The van der Waals surface area contributed by atoms with E-state index < -0.39 is 0 Å². The minimum atomic E-state index is 0.380. The van der Waals surface area contributed by atoms with Gasteiger partial charge in [0.25, 0.3) is 0 Å². The number of nitrogens with zero attached hydrogens (tertiary/aromatic N) is 2. The van der Waals surface area contributed by atoms with E-state index in [1.165, 1.54) is 18.5 Å². The third-order valence-electron chi connectivity index (χ3n) is 3.42. The van der Waals surface area contributed by atoms with E-state index in [2.05, 4.69) is 29.2 Å². The zero-order chi connectivity index (χ0) is 10.8. The first-order chi connectivity index (χ1) is 7.24. The van der Waals surface area contributed by atoms with Crippen LogP contribution in [0.2, 0.25) is 0 Å². The summed E-state index contributed by atoms with van der Waals surface area (Å²) in [5.74, 6) is 0.820. The molecular weight excluding hydrogens is 206 g/mol. The summed E-state index contributed by atoms with van der Waals surface area (Å²) in [6, 6.07) is 0.909. The van der Waals surface area contributed by atoms with Gasteiger partial charge in [-0.05, 0) is 32.7 Å². The Labute approximate surface area is 95.3 Å². The summed E-state index contributed by atoms with van der Waals surface area (Å²) in [4.78, 5) is 6.75. The topological polar surface area (TPSA) is 42.2 Å². The molecule has 1 aliphatic rings. The molecule has 1 aromatic heterocycles. The fraction of sp³-hybridized carbons (Fsp3) is 0.727. The van der Waals surface area contributed by atoms with Gasteiger partial charge in [0.2, 0.25) is 0 Å². The van der Waals surface area contributed by atoms with Crippen molar-refractivity contribution in [2.75, 3.05) is 13.6 Å². The van der Waals surface area contributed by atoms with Crippen molar-refractivity contribution in [1.29, 1.82) is 0 Å². The van der Waals surface area contributed by atoms with Crippen molar-refractivity contribution < 1.29 is 0 Å². The Morgan fingerprint density at radius 3 is 2.87 bits per heavy atom. The summed E-state index contributed by atoms with van der Waals surface area (Å²) in [5, 5.41) is 2.13. The summed E-state index contributed by atoms with van der Waals surface area (Å²) in [6.07, 6.45) is 2.69. The van der Waals surface area contributed by atoms with E-state index in [0.717, 1.165) is 12.5 Å². The van der Waals surface area contributed by atoms with Crippen molar-refractivity contribution in [3.8, 4) is 0 Å². The molecule has 2 atom stereocenters. The van der Waals surface area contributed by atoms with Crippen LogP contribution in [0.15, 0.2) is 10.9 Å². The van der Waals surface area contributed by atoms with Crippen molar-refractivity contribution in [3.05, 3.63) is 16.6 Å². The van der Waals surface area contributed by atoms with E-state index >= 15 is 0 Å². The predicted octanol–water partition coefficient (Wildman–Crippen LogP) is 1.87. The SMILES string of the molecule is CC(c1cscn1)N(C)C(CN)C1CC1. The molecule has 0 aromatic carbocycles. The van der Waals surface area contributed by atoms with Gasteiger partial charge >= 0.3 is 0 Å². The second-order valence-electron chi connectivity index (χ2n) is 4.40. The van der Waals surface area contributed by atoms with Crippen LogP contribution < -0.4 is 5.73 Å².